The van der Waals surface area contributed by atoms with Crippen molar-refractivity contribution in [2.75, 3.05) is 17.1 Å². The van der Waals surface area contributed by atoms with Gasteiger partial charge in [0.1, 0.15) is 5.69 Å². The standard InChI is InChI=1S/C17H18N6O4S/c1-11-9-14(27-3)20-16(18-11)21-15(24)13-10-23(2)17(19-13)22-28(25,26)12-7-5-4-6-8-12/h4-10H,1-3H3,(H,19,22)(H,18,20,21,24). The first kappa shape index (κ1) is 19.3. The highest BCUT2D eigenvalue weighted by Gasteiger charge is 2.20. The lowest BCUT2D eigenvalue weighted by Gasteiger charge is -2.07. The molecule has 0 saturated carbocycles. The summed E-state index contributed by atoms with van der Waals surface area (Å²) < 4.78 is 33.7. The third-order valence-corrected chi connectivity index (χ3v) is 5.00. The first-order valence-electron chi connectivity index (χ1n) is 8.11. The molecule has 0 radical (unpaired) electrons. The normalized spacial score (nSPS) is 11.1. The number of amides is 1. The summed E-state index contributed by atoms with van der Waals surface area (Å²) in [5, 5.41) is 2.51. The number of hydrogen-bond donors (Lipinski definition) is 2. The molecule has 146 valence electrons. The van der Waals surface area contributed by atoms with Crippen LogP contribution in [0.15, 0.2) is 47.5 Å². The van der Waals surface area contributed by atoms with E-state index >= 15 is 0 Å². The fourth-order valence-corrected chi connectivity index (χ4v) is 3.38. The number of hydrogen-bond acceptors (Lipinski definition) is 7. The van der Waals surface area contributed by atoms with Crippen molar-refractivity contribution in [3.05, 3.63) is 54.0 Å². The minimum atomic E-state index is -3.83. The molecule has 3 rings (SSSR count). The van der Waals surface area contributed by atoms with Crippen molar-refractivity contribution >= 4 is 27.8 Å². The van der Waals surface area contributed by atoms with Gasteiger partial charge in [-0.05, 0) is 19.1 Å². The average molecular weight is 402 g/mol. The average Bonchev–Trinajstić information content (AvgIpc) is 3.02. The van der Waals surface area contributed by atoms with Crippen molar-refractivity contribution in [3.63, 3.8) is 0 Å². The predicted molar refractivity (Wildman–Crippen MR) is 102 cm³/mol. The second-order valence-electron chi connectivity index (χ2n) is 5.81. The smallest absolute Gasteiger partial charge is 0.278 e. The maximum Gasteiger partial charge on any atom is 0.278 e. The number of carbonyl (C=O) groups excluding carboxylic acids is 1. The van der Waals surface area contributed by atoms with Crippen LogP contribution in [0.3, 0.4) is 0 Å². The fourth-order valence-electron chi connectivity index (χ4n) is 2.32. The number of sulfonamides is 1. The molecule has 11 heteroatoms. The monoisotopic (exact) mass is 402 g/mol. The number of nitrogens with one attached hydrogen (secondary N) is 2. The lowest BCUT2D eigenvalue weighted by molar-refractivity contribution is 0.102. The maximum atomic E-state index is 12.4. The number of imidazole rings is 1. The van der Waals surface area contributed by atoms with Crippen molar-refractivity contribution in [1.29, 1.82) is 0 Å². The Labute approximate surface area is 161 Å². The number of rotatable bonds is 6. The molecule has 1 aromatic carbocycles. The number of benzene rings is 1. The van der Waals surface area contributed by atoms with Crippen molar-refractivity contribution < 1.29 is 17.9 Å². The summed E-state index contributed by atoms with van der Waals surface area (Å²) in [6.07, 6.45) is 1.39. The molecule has 0 aliphatic carbocycles. The van der Waals surface area contributed by atoms with E-state index in [-0.39, 0.29) is 22.5 Å². The number of aromatic nitrogens is 4. The summed E-state index contributed by atoms with van der Waals surface area (Å²) in [6, 6.07) is 9.48. The van der Waals surface area contributed by atoms with Crippen LogP contribution in [-0.4, -0.2) is 41.0 Å². The molecule has 0 saturated heterocycles. The zero-order chi connectivity index (χ0) is 20.3. The lowest BCUT2D eigenvalue weighted by Crippen LogP contribution is -2.16. The van der Waals surface area contributed by atoms with Gasteiger partial charge in [0.15, 0.2) is 0 Å². The van der Waals surface area contributed by atoms with Gasteiger partial charge in [0.25, 0.3) is 15.9 Å². The molecule has 0 spiro atoms. The van der Waals surface area contributed by atoms with Gasteiger partial charge in [0.2, 0.25) is 17.8 Å². The van der Waals surface area contributed by atoms with Crippen LogP contribution < -0.4 is 14.8 Å². The minimum Gasteiger partial charge on any atom is -0.481 e. The first-order chi connectivity index (χ1) is 13.3. The Balaban J connectivity index is 1.80. The van der Waals surface area contributed by atoms with Gasteiger partial charge in [-0.2, -0.15) is 4.98 Å². The van der Waals surface area contributed by atoms with E-state index in [4.69, 9.17) is 4.74 Å². The van der Waals surface area contributed by atoms with Gasteiger partial charge in [0.05, 0.1) is 12.0 Å². The van der Waals surface area contributed by atoms with E-state index in [1.54, 1.807) is 38.2 Å². The highest BCUT2D eigenvalue weighted by Crippen LogP contribution is 2.16. The van der Waals surface area contributed by atoms with Gasteiger partial charge in [-0.25, -0.2) is 23.1 Å². The van der Waals surface area contributed by atoms with E-state index in [2.05, 4.69) is 25.0 Å². The van der Waals surface area contributed by atoms with Crippen LogP contribution in [0.2, 0.25) is 0 Å². The van der Waals surface area contributed by atoms with Crippen LogP contribution in [0.25, 0.3) is 0 Å². The van der Waals surface area contributed by atoms with E-state index < -0.39 is 15.9 Å². The van der Waals surface area contributed by atoms with Crippen molar-refractivity contribution in [3.8, 4) is 5.88 Å². The number of anilines is 2. The maximum absolute atomic E-state index is 12.4. The molecule has 1 amide bonds. The van der Waals surface area contributed by atoms with Crippen LogP contribution >= 0.6 is 0 Å². The third-order valence-electron chi connectivity index (χ3n) is 3.65. The van der Waals surface area contributed by atoms with Gasteiger partial charge < -0.3 is 9.30 Å². The quantitative estimate of drug-likeness (QED) is 0.640. The molecule has 0 atom stereocenters. The number of aryl methyl sites for hydroxylation is 2. The Bertz CT molecular complexity index is 1110. The van der Waals surface area contributed by atoms with E-state index in [1.807, 2.05) is 0 Å². The molecule has 10 nitrogen and oxygen atoms in total. The zero-order valence-electron chi connectivity index (χ0n) is 15.4. The van der Waals surface area contributed by atoms with Gasteiger partial charge in [-0.1, -0.05) is 18.2 Å². The molecule has 0 fully saturated rings. The Kier molecular flexibility index (Phi) is 5.27. The second-order valence-corrected chi connectivity index (χ2v) is 7.49. The molecule has 0 unspecified atom stereocenters. The van der Waals surface area contributed by atoms with E-state index in [9.17, 15) is 13.2 Å². The summed E-state index contributed by atoms with van der Waals surface area (Å²) in [4.78, 5) is 24.7. The van der Waals surface area contributed by atoms with E-state index in [1.165, 1.54) is 30.0 Å². The van der Waals surface area contributed by atoms with Crippen molar-refractivity contribution in [2.45, 2.75) is 11.8 Å². The largest absolute Gasteiger partial charge is 0.481 e. The van der Waals surface area contributed by atoms with Crippen LogP contribution in [0.5, 0.6) is 5.88 Å². The van der Waals surface area contributed by atoms with Gasteiger partial charge in [-0.15, -0.1) is 0 Å². The highest BCUT2D eigenvalue weighted by molar-refractivity contribution is 7.92. The van der Waals surface area contributed by atoms with Crippen LogP contribution in [0, 0.1) is 6.92 Å². The predicted octanol–water partition coefficient (Wildman–Crippen LogP) is 1.58. The molecular formula is C17H18N6O4S. The molecule has 3 aromatic rings. The molecule has 2 aromatic heterocycles. The van der Waals surface area contributed by atoms with Gasteiger partial charge in [0, 0.05) is 25.0 Å². The molecule has 0 aliphatic rings. The minimum absolute atomic E-state index is 0.00247. The SMILES string of the molecule is COc1cc(C)nc(NC(=O)c2cn(C)c(NS(=O)(=O)c3ccccc3)n2)n1. The van der Waals surface area contributed by atoms with Crippen LogP contribution in [0.4, 0.5) is 11.9 Å². The molecular weight excluding hydrogens is 384 g/mol. The molecule has 28 heavy (non-hydrogen) atoms. The molecule has 2 heterocycles. The number of methoxy groups -OCH3 is 1. The number of ether oxygens (including phenoxy) is 1. The summed E-state index contributed by atoms with van der Waals surface area (Å²) in [5.74, 6) is -0.232. The van der Waals surface area contributed by atoms with E-state index in [0.717, 1.165) is 0 Å². The number of nitrogens with zero attached hydrogens (tertiary/aromatic N) is 4. The lowest BCUT2D eigenvalue weighted by atomic mass is 10.4. The first-order valence-corrected chi connectivity index (χ1v) is 9.59. The van der Waals surface area contributed by atoms with Crippen molar-refractivity contribution in [1.82, 2.24) is 19.5 Å². The summed E-state index contributed by atoms with van der Waals surface area (Å²) >= 11 is 0. The Morgan fingerprint density at radius 1 is 1.14 bits per heavy atom. The Morgan fingerprint density at radius 3 is 2.54 bits per heavy atom. The molecule has 0 bridgehead atoms. The topological polar surface area (TPSA) is 128 Å². The van der Waals surface area contributed by atoms with Crippen molar-refractivity contribution in [2.24, 2.45) is 7.05 Å². The summed E-state index contributed by atoms with van der Waals surface area (Å²) in [7, 11) is -0.804. The molecule has 2 N–H and O–H groups in total. The van der Waals surface area contributed by atoms with Gasteiger partial charge >= 0.3 is 0 Å². The number of carbonyl (C=O) groups is 1. The molecule has 0 aliphatic heterocycles. The van der Waals surface area contributed by atoms with Crippen LogP contribution in [0.1, 0.15) is 16.2 Å². The van der Waals surface area contributed by atoms with Gasteiger partial charge in [-0.3, -0.25) is 10.1 Å². The third kappa shape index (κ3) is 4.26. The highest BCUT2D eigenvalue weighted by atomic mass is 32.2. The Hall–Kier alpha value is -3.47. The Morgan fingerprint density at radius 2 is 1.86 bits per heavy atom. The summed E-state index contributed by atoms with van der Waals surface area (Å²) in [6.45, 7) is 1.73. The fraction of sp³-hybridized carbons (Fsp3) is 0.176. The zero-order valence-corrected chi connectivity index (χ0v) is 16.2. The summed E-state index contributed by atoms with van der Waals surface area (Å²) in [5.41, 5.74) is 0.608. The van der Waals surface area contributed by atoms with E-state index in [0.29, 0.717) is 11.6 Å². The van der Waals surface area contributed by atoms with Crippen LogP contribution in [-0.2, 0) is 17.1 Å². The second kappa shape index (κ2) is 7.64.